The molecule has 1 unspecified atom stereocenters. The van der Waals surface area contributed by atoms with Crippen LogP contribution in [0, 0.1) is 0 Å². The molecule has 0 amide bonds. The van der Waals surface area contributed by atoms with E-state index in [-0.39, 0.29) is 0 Å². The monoisotopic (exact) mass is 259 g/mol. The number of aryl methyl sites for hydroxylation is 1. The van der Waals surface area contributed by atoms with E-state index in [0.29, 0.717) is 12.1 Å². The van der Waals surface area contributed by atoms with Gasteiger partial charge in [-0.2, -0.15) is 10.2 Å². The molecule has 2 aromatic heterocycles. The summed E-state index contributed by atoms with van der Waals surface area (Å²) in [6.45, 7) is 4.27. The van der Waals surface area contributed by atoms with Gasteiger partial charge in [-0.1, -0.05) is 0 Å². The largest absolute Gasteiger partial charge is 0.376 e. The lowest BCUT2D eigenvalue weighted by Gasteiger charge is -2.24. The lowest BCUT2D eigenvalue weighted by molar-refractivity contribution is 0.532. The van der Waals surface area contributed by atoms with Crippen molar-refractivity contribution in [3.63, 3.8) is 0 Å². The fourth-order valence-corrected chi connectivity index (χ4v) is 2.75. The van der Waals surface area contributed by atoms with Crippen LogP contribution in [0.2, 0.25) is 0 Å². The summed E-state index contributed by atoms with van der Waals surface area (Å²) in [6, 6.07) is 0.762. The summed E-state index contributed by atoms with van der Waals surface area (Å²) in [5.41, 5.74) is 3.79. The van der Waals surface area contributed by atoms with Gasteiger partial charge in [0, 0.05) is 30.5 Å². The van der Waals surface area contributed by atoms with Crippen LogP contribution in [-0.2, 0) is 13.5 Å². The molecular formula is C14H21N5. The molecule has 0 fully saturated rings. The number of rotatable bonds is 3. The van der Waals surface area contributed by atoms with E-state index in [1.165, 1.54) is 17.7 Å². The molecule has 1 N–H and O–H groups in total. The molecule has 5 nitrogen and oxygen atoms in total. The fourth-order valence-electron chi connectivity index (χ4n) is 2.75. The fraction of sp³-hybridized carbons (Fsp3) is 0.571. The predicted octanol–water partition coefficient (Wildman–Crippen LogP) is 2.69. The molecule has 3 rings (SSSR count). The van der Waals surface area contributed by atoms with Crippen LogP contribution in [0.15, 0.2) is 18.6 Å². The maximum atomic E-state index is 4.38. The van der Waals surface area contributed by atoms with Crippen molar-refractivity contribution >= 4 is 5.69 Å². The third-order valence-electron chi connectivity index (χ3n) is 3.85. The van der Waals surface area contributed by atoms with Gasteiger partial charge in [0.05, 0.1) is 24.1 Å². The molecule has 0 aliphatic heterocycles. The average molecular weight is 259 g/mol. The summed E-state index contributed by atoms with van der Waals surface area (Å²) in [5.74, 6) is 0. The molecular weight excluding hydrogens is 238 g/mol. The van der Waals surface area contributed by atoms with Gasteiger partial charge in [-0.05, 0) is 33.1 Å². The minimum Gasteiger partial charge on any atom is -0.376 e. The van der Waals surface area contributed by atoms with Gasteiger partial charge in [0.1, 0.15) is 0 Å². The van der Waals surface area contributed by atoms with E-state index in [2.05, 4.69) is 35.6 Å². The first kappa shape index (κ1) is 12.3. The Labute approximate surface area is 113 Å². The second-order valence-corrected chi connectivity index (χ2v) is 5.56. The molecule has 0 spiro atoms. The standard InChI is InChI=1S/C14H21N5/c1-10(2)19-9-11(7-16-19)17-13-5-4-6-14-12(13)8-15-18(14)3/h7-10,13,17H,4-6H2,1-3H3. The molecule has 0 aromatic carbocycles. The van der Waals surface area contributed by atoms with Crippen molar-refractivity contribution in [3.8, 4) is 0 Å². The average Bonchev–Trinajstić information content (AvgIpc) is 2.98. The van der Waals surface area contributed by atoms with Gasteiger partial charge in [0.2, 0.25) is 0 Å². The second-order valence-electron chi connectivity index (χ2n) is 5.56. The van der Waals surface area contributed by atoms with E-state index in [0.717, 1.165) is 18.5 Å². The smallest absolute Gasteiger partial charge is 0.0731 e. The van der Waals surface area contributed by atoms with Crippen molar-refractivity contribution < 1.29 is 0 Å². The summed E-state index contributed by atoms with van der Waals surface area (Å²) in [5, 5.41) is 12.3. The highest BCUT2D eigenvalue weighted by molar-refractivity contribution is 5.43. The minimum atomic E-state index is 0.363. The lowest BCUT2D eigenvalue weighted by Crippen LogP contribution is -2.17. The van der Waals surface area contributed by atoms with E-state index < -0.39 is 0 Å². The van der Waals surface area contributed by atoms with Gasteiger partial charge in [-0.15, -0.1) is 0 Å². The van der Waals surface area contributed by atoms with Gasteiger partial charge in [0.25, 0.3) is 0 Å². The Balaban J connectivity index is 1.80. The number of hydrogen-bond acceptors (Lipinski definition) is 3. The summed E-state index contributed by atoms with van der Waals surface area (Å²) < 4.78 is 3.98. The molecule has 2 aromatic rings. The number of anilines is 1. The highest BCUT2D eigenvalue weighted by Gasteiger charge is 2.23. The van der Waals surface area contributed by atoms with Crippen LogP contribution in [0.1, 0.15) is 50.0 Å². The Bertz CT molecular complexity index is 566. The molecule has 19 heavy (non-hydrogen) atoms. The van der Waals surface area contributed by atoms with E-state index in [1.807, 2.05) is 28.8 Å². The zero-order chi connectivity index (χ0) is 13.4. The van der Waals surface area contributed by atoms with Crippen LogP contribution in [0.4, 0.5) is 5.69 Å². The maximum absolute atomic E-state index is 4.38. The van der Waals surface area contributed by atoms with Crippen LogP contribution in [0.25, 0.3) is 0 Å². The Hall–Kier alpha value is -1.78. The van der Waals surface area contributed by atoms with E-state index in [9.17, 15) is 0 Å². The second kappa shape index (κ2) is 4.72. The quantitative estimate of drug-likeness (QED) is 0.922. The van der Waals surface area contributed by atoms with Gasteiger partial charge in [-0.3, -0.25) is 9.36 Å². The van der Waals surface area contributed by atoms with E-state index >= 15 is 0 Å². The van der Waals surface area contributed by atoms with Gasteiger partial charge < -0.3 is 5.32 Å². The summed E-state index contributed by atoms with van der Waals surface area (Å²) in [4.78, 5) is 0. The normalized spacial score (nSPS) is 18.6. The number of fused-ring (bicyclic) bond motifs is 1. The van der Waals surface area contributed by atoms with Crippen LogP contribution in [0.5, 0.6) is 0 Å². The summed E-state index contributed by atoms with van der Waals surface area (Å²) >= 11 is 0. The molecule has 5 heteroatoms. The van der Waals surface area contributed by atoms with Crippen LogP contribution in [-0.4, -0.2) is 19.6 Å². The number of aromatic nitrogens is 4. The third kappa shape index (κ3) is 2.25. The van der Waals surface area contributed by atoms with Crippen molar-refractivity contribution in [2.24, 2.45) is 7.05 Å². The highest BCUT2D eigenvalue weighted by atomic mass is 15.3. The zero-order valence-corrected chi connectivity index (χ0v) is 11.8. The molecule has 0 saturated heterocycles. The van der Waals surface area contributed by atoms with Crippen molar-refractivity contribution in [2.75, 3.05) is 5.32 Å². The molecule has 0 saturated carbocycles. The van der Waals surface area contributed by atoms with Crippen molar-refractivity contribution in [1.82, 2.24) is 19.6 Å². The molecule has 0 radical (unpaired) electrons. The van der Waals surface area contributed by atoms with Crippen LogP contribution < -0.4 is 5.32 Å². The molecule has 102 valence electrons. The SMILES string of the molecule is CC(C)n1cc(NC2CCCc3c2cnn3C)cn1. The maximum Gasteiger partial charge on any atom is 0.0731 e. The first-order valence-corrected chi connectivity index (χ1v) is 6.96. The van der Waals surface area contributed by atoms with Crippen LogP contribution in [0.3, 0.4) is 0 Å². The zero-order valence-electron chi connectivity index (χ0n) is 11.8. The number of nitrogens with one attached hydrogen (secondary N) is 1. The van der Waals surface area contributed by atoms with E-state index in [4.69, 9.17) is 0 Å². The van der Waals surface area contributed by atoms with Crippen molar-refractivity contribution in [3.05, 3.63) is 29.8 Å². The predicted molar refractivity (Wildman–Crippen MR) is 75.1 cm³/mol. The number of nitrogens with zero attached hydrogens (tertiary/aromatic N) is 4. The molecule has 0 bridgehead atoms. The highest BCUT2D eigenvalue weighted by Crippen LogP contribution is 2.32. The molecule has 1 aliphatic rings. The van der Waals surface area contributed by atoms with Crippen molar-refractivity contribution in [2.45, 2.75) is 45.2 Å². The molecule has 1 atom stereocenters. The number of hydrogen-bond donors (Lipinski definition) is 1. The Morgan fingerprint density at radius 1 is 1.32 bits per heavy atom. The third-order valence-corrected chi connectivity index (χ3v) is 3.85. The Morgan fingerprint density at radius 3 is 2.89 bits per heavy atom. The van der Waals surface area contributed by atoms with Gasteiger partial charge in [-0.25, -0.2) is 0 Å². The molecule has 1 aliphatic carbocycles. The van der Waals surface area contributed by atoms with Crippen molar-refractivity contribution in [1.29, 1.82) is 0 Å². The van der Waals surface area contributed by atoms with Crippen LogP contribution >= 0.6 is 0 Å². The Kier molecular flexibility index (Phi) is 3.05. The first-order chi connectivity index (χ1) is 9.15. The Morgan fingerprint density at radius 2 is 2.16 bits per heavy atom. The first-order valence-electron chi connectivity index (χ1n) is 6.96. The molecule has 2 heterocycles. The summed E-state index contributed by atoms with van der Waals surface area (Å²) in [7, 11) is 2.03. The van der Waals surface area contributed by atoms with Gasteiger partial charge in [0.15, 0.2) is 0 Å². The minimum absolute atomic E-state index is 0.363. The topological polar surface area (TPSA) is 47.7 Å². The summed E-state index contributed by atoms with van der Waals surface area (Å²) in [6.07, 6.45) is 9.49. The van der Waals surface area contributed by atoms with Gasteiger partial charge >= 0.3 is 0 Å². The lowest BCUT2D eigenvalue weighted by atomic mass is 9.93. The van der Waals surface area contributed by atoms with E-state index in [1.54, 1.807) is 0 Å².